The van der Waals surface area contributed by atoms with Gasteiger partial charge in [-0.1, -0.05) is 12.1 Å². The van der Waals surface area contributed by atoms with E-state index in [0.29, 0.717) is 23.7 Å². The zero-order valence-corrected chi connectivity index (χ0v) is 15.3. The Kier molecular flexibility index (Phi) is 3.98. The average molecular weight is 354 g/mol. The number of aromatic nitrogens is 2. The number of hydrogen-bond donors (Lipinski definition) is 1. The highest BCUT2D eigenvalue weighted by atomic mass is 16.5. The molecule has 3 saturated heterocycles. The molecule has 0 saturated carbocycles. The number of H-pyrrole nitrogens is 1. The van der Waals surface area contributed by atoms with Gasteiger partial charge in [-0.25, -0.2) is 0 Å². The monoisotopic (exact) mass is 354 g/mol. The van der Waals surface area contributed by atoms with Crippen molar-refractivity contribution in [3.05, 3.63) is 29.5 Å². The molecule has 4 heterocycles. The fraction of sp³-hybridized carbons (Fsp3) is 0.600. The summed E-state index contributed by atoms with van der Waals surface area (Å²) in [6, 6.07) is 7.29. The van der Waals surface area contributed by atoms with Crippen LogP contribution in [0.2, 0.25) is 0 Å². The van der Waals surface area contributed by atoms with E-state index in [1.54, 1.807) is 0 Å². The van der Waals surface area contributed by atoms with Gasteiger partial charge >= 0.3 is 0 Å². The number of hydrogen-bond acceptors (Lipinski definition) is 4. The van der Waals surface area contributed by atoms with E-state index in [9.17, 15) is 4.79 Å². The molecule has 26 heavy (non-hydrogen) atoms. The van der Waals surface area contributed by atoms with Crippen LogP contribution in [-0.2, 0) is 4.74 Å². The van der Waals surface area contributed by atoms with Crippen molar-refractivity contribution >= 4 is 16.8 Å². The zero-order valence-electron chi connectivity index (χ0n) is 15.3. The number of nitrogens with zero attached hydrogens (tertiary/aromatic N) is 3. The van der Waals surface area contributed by atoms with Crippen LogP contribution >= 0.6 is 0 Å². The summed E-state index contributed by atoms with van der Waals surface area (Å²) in [6.45, 7) is 3.64. The molecule has 1 aromatic carbocycles. The minimum Gasteiger partial charge on any atom is -0.381 e. The van der Waals surface area contributed by atoms with Crippen LogP contribution < -0.4 is 0 Å². The van der Waals surface area contributed by atoms with Crippen molar-refractivity contribution in [1.82, 2.24) is 20.0 Å². The summed E-state index contributed by atoms with van der Waals surface area (Å²) in [5.74, 6) is 0.621. The van der Waals surface area contributed by atoms with Crippen molar-refractivity contribution in [3.63, 3.8) is 0 Å². The highest BCUT2D eigenvalue weighted by Gasteiger charge is 2.46. The number of carbonyl (C=O) groups excluding carboxylic acids is 1. The fourth-order valence-electron chi connectivity index (χ4n) is 4.88. The molecular formula is C20H26N4O2. The Bertz CT molecular complexity index is 826. The van der Waals surface area contributed by atoms with E-state index < -0.39 is 0 Å². The van der Waals surface area contributed by atoms with Crippen molar-refractivity contribution in [2.24, 2.45) is 0 Å². The summed E-state index contributed by atoms with van der Waals surface area (Å²) < 4.78 is 5.47. The van der Waals surface area contributed by atoms with Crippen LogP contribution in [0.25, 0.3) is 10.9 Å². The molecule has 1 N–H and O–H groups in total. The van der Waals surface area contributed by atoms with Gasteiger partial charge in [0, 0.05) is 37.2 Å². The van der Waals surface area contributed by atoms with E-state index >= 15 is 0 Å². The average Bonchev–Trinajstić information content (AvgIpc) is 3.07. The molecule has 1 unspecified atom stereocenters. The van der Waals surface area contributed by atoms with Crippen molar-refractivity contribution in [2.75, 3.05) is 33.4 Å². The highest BCUT2D eigenvalue weighted by molar-refractivity contribution is 6.05. The molecule has 6 heteroatoms. The molecule has 2 atom stereocenters. The van der Waals surface area contributed by atoms with Crippen molar-refractivity contribution in [2.45, 2.75) is 43.7 Å². The standard InChI is InChI=1S/C20H26N4O2/c1-23-8-2-3-17-18(23)12-24(17)20(25)19-15-5-4-14(11-16(15)21-22-19)13-6-9-26-10-7-13/h4-5,11,13,17-18H,2-3,6-10,12H2,1H3,(H,21,22)/t17?,18-/m1/s1. The first-order valence-corrected chi connectivity index (χ1v) is 9.79. The van der Waals surface area contributed by atoms with Crippen LogP contribution in [0.4, 0.5) is 0 Å². The molecule has 5 rings (SSSR count). The van der Waals surface area contributed by atoms with E-state index in [1.807, 2.05) is 4.90 Å². The van der Waals surface area contributed by atoms with Gasteiger partial charge in [0.05, 0.1) is 5.52 Å². The smallest absolute Gasteiger partial charge is 0.275 e. The normalized spacial score (nSPS) is 27.3. The van der Waals surface area contributed by atoms with Crippen LogP contribution in [-0.4, -0.2) is 71.3 Å². The maximum Gasteiger partial charge on any atom is 0.275 e. The molecule has 138 valence electrons. The third-order valence-electron chi connectivity index (χ3n) is 6.55. The van der Waals surface area contributed by atoms with E-state index in [0.717, 1.165) is 62.9 Å². The summed E-state index contributed by atoms with van der Waals surface area (Å²) in [6.07, 6.45) is 4.40. The predicted octanol–water partition coefficient (Wildman–Crippen LogP) is 2.38. The molecule has 2 aromatic rings. The van der Waals surface area contributed by atoms with Crippen LogP contribution in [0.1, 0.15) is 47.7 Å². The molecule has 0 bridgehead atoms. The van der Waals surface area contributed by atoms with Gasteiger partial charge < -0.3 is 9.64 Å². The topological polar surface area (TPSA) is 61.5 Å². The Morgan fingerprint density at radius 2 is 2.08 bits per heavy atom. The van der Waals surface area contributed by atoms with Gasteiger partial charge in [0.25, 0.3) is 5.91 Å². The summed E-state index contributed by atoms with van der Waals surface area (Å²) >= 11 is 0. The molecule has 3 aliphatic rings. The van der Waals surface area contributed by atoms with Gasteiger partial charge in [-0.15, -0.1) is 0 Å². The van der Waals surface area contributed by atoms with Crippen LogP contribution in [0, 0.1) is 0 Å². The third kappa shape index (κ3) is 2.55. The molecule has 0 spiro atoms. The predicted molar refractivity (Wildman–Crippen MR) is 99.4 cm³/mol. The molecule has 1 amide bonds. The Hall–Kier alpha value is -1.92. The number of nitrogens with one attached hydrogen (secondary N) is 1. The Morgan fingerprint density at radius 1 is 1.23 bits per heavy atom. The SMILES string of the molecule is CN1CCCC2[C@H]1CN2C(=O)c1n[nH]c2cc(C3CCOCC3)ccc12. The number of piperidine rings is 1. The Labute approximate surface area is 153 Å². The lowest BCUT2D eigenvalue weighted by atomic mass is 9.86. The minimum atomic E-state index is 0.0756. The number of likely N-dealkylation sites (tertiary alicyclic amines) is 2. The maximum absolute atomic E-state index is 13.1. The lowest BCUT2D eigenvalue weighted by Gasteiger charge is -2.54. The number of rotatable bonds is 2. The highest BCUT2D eigenvalue weighted by Crippen LogP contribution is 2.34. The Morgan fingerprint density at radius 3 is 2.92 bits per heavy atom. The van der Waals surface area contributed by atoms with Gasteiger partial charge in [-0.3, -0.25) is 14.8 Å². The lowest BCUT2D eigenvalue weighted by molar-refractivity contribution is -0.0313. The second kappa shape index (κ2) is 6.35. The number of likely N-dealkylation sites (N-methyl/N-ethyl adjacent to an activating group) is 1. The summed E-state index contributed by atoms with van der Waals surface area (Å²) in [5.41, 5.74) is 2.86. The van der Waals surface area contributed by atoms with Crippen molar-refractivity contribution < 1.29 is 9.53 Å². The summed E-state index contributed by atoms with van der Waals surface area (Å²) in [4.78, 5) is 17.5. The largest absolute Gasteiger partial charge is 0.381 e. The first kappa shape index (κ1) is 16.3. The first-order chi connectivity index (χ1) is 12.7. The van der Waals surface area contributed by atoms with Crippen molar-refractivity contribution in [1.29, 1.82) is 0 Å². The third-order valence-corrected chi connectivity index (χ3v) is 6.55. The van der Waals surface area contributed by atoms with Gasteiger partial charge in [0.15, 0.2) is 5.69 Å². The number of aromatic amines is 1. The molecule has 0 aliphatic carbocycles. The quantitative estimate of drug-likeness (QED) is 0.899. The van der Waals surface area contributed by atoms with E-state index in [-0.39, 0.29) is 5.91 Å². The van der Waals surface area contributed by atoms with Crippen LogP contribution in [0.3, 0.4) is 0 Å². The van der Waals surface area contributed by atoms with E-state index in [4.69, 9.17) is 4.74 Å². The zero-order chi connectivity index (χ0) is 17.7. The van der Waals surface area contributed by atoms with Crippen molar-refractivity contribution in [3.8, 4) is 0 Å². The number of benzene rings is 1. The molecule has 0 radical (unpaired) electrons. The molecule has 6 nitrogen and oxygen atoms in total. The van der Waals surface area contributed by atoms with Gasteiger partial charge in [-0.2, -0.15) is 5.10 Å². The second-order valence-corrected chi connectivity index (χ2v) is 7.98. The Balaban J connectivity index is 1.38. The van der Waals surface area contributed by atoms with Gasteiger partial charge in [-0.05, 0) is 56.8 Å². The van der Waals surface area contributed by atoms with Crippen LogP contribution in [0.5, 0.6) is 0 Å². The van der Waals surface area contributed by atoms with Gasteiger partial charge in [0.2, 0.25) is 0 Å². The lowest BCUT2D eigenvalue weighted by Crippen LogP contribution is -2.69. The molecule has 1 aromatic heterocycles. The van der Waals surface area contributed by atoms with E-state index in [2.05, 4.69) is 40.3 Å². The molecule has 3 fully saturated rings. The van der Waals surface area contributed by atoms with Crippen LogP contribution in [0.15, 0.2) is 18.2 Å². The molecule has 3 aliphatic heterocycles. The molecular weight excluding hydrogens is 328 g/mol. The summed E-state index contributed by atoms with van der Waals surface area (Å²) in [7, 11) is 2.17. The maximum atomic E-state index is 13.1. The number of fused-ring (bicyclic) bond motifs is 2. The number of ether oxygens (including phenoxy) is 1. The van der Waals surface area contributed by atoms with E-state index in [1.165, 1.54) is 5.56 Å². The first-order valence-electron chi connectivity index (χ1n) is 9.79. The number of amides is 1. The number of carbonyl (C=O) groups is 1. The summed E-state index contributed by atoms with van der Waals surface area (Å²) in [5, 5.41) is 8.42. The van der Waals surface area contributed by atoms with Gasteiger partial charge in [0.1, 0.15) is 0 Å². The minimum absolute atomic E-state index is 0.0756. The fourth-order valence-corrected chi connectivity index (χ4v) is 4.88. The second-order valence-electron chi connectivity index (χ2n) is 7.98.